The van der Waals surface area contributed by atoms with Gasteiger partial charge in [-0.15, -0.1) is 0 Å². The van der Waals surface area contributed by atoms with Crippen molar-refractivity contribution in [1.82, 2.24) is 9.38 Å². The topological polar surface area (TPSA) is 30.4 Å². The molecule has 0 amide bonds. The summed E-state index contributed by atoms with van der Waals surface area (Å²) in [5.41, 5.74) is 1.63. The van der Waals surface area contributed by atoms with Crippen LogP contribution in [0.4, 0.5) is 0 Å². The lowest BCUT2D eigenvalue weighted by atomic mass is 10.4. The third-order valence-electron chi connectivity index (χ3n) is 2.24. The largest absolute Gasteiger partial charge is 0.443 e. The molecule has 0 N–H and O–H groups in total. The van der Waals surface area contributed by atoms with Crippen LogP contribution in [0.5, 0.6) is 0 Å². The second-order valence-corrected chi connectivity index (χ2v) is 4.63. The molecule has 0 aromatic carbocycles. The van der Waals surface area contributed by atoms with E-state index in [1.54, 1.807) is 12.1 Å². The normalized spacial score (nSPS) is 11.1. The quantitative estimate of drug-likeness (QED) is 0.679. The molecule has 0 bridgehead atoms. The van der Waals surface area contributed by atoms with E-state index in [1.807, 2.05) is 28.9 Å². The first-order valence-electron chi connectivity index (χ1n) is 4.62. The van der Waals surface area contributed by atoms with Crippen molar-refractivity contribution in [2.75, 3.05) is 0 Å². The number of pyridine rings is 1. The summed E-state index contributed by atoms with van der Waals surface area (Å²) in [6.45, 7) is 0. The Kier molecular flexibility index (Phi) is 2.26. The van der Waals surface area contributed by atoms with E-state index in [4.69, 9.17) is 16.0 Å². The molecule has 0 unspecified atom stereocenters. The molecule has 3 rings (SSSR count). The van der Waals surface area contributed by atoms with Crippen molar-refractivity contribution in [2.24, 2.45) is 0 Å². The first-order valence-corrected chi connectivity index (χ1v) is 5.79. The van der Waals surface area contributed by atoms with E-state index in [9.17, 15) is 0 Å². The molecule has 0 spiro atoms. The number of imidazole rings is 1. The maximum atomic E-state index is 5.73. The van der Waals surface area contributed by atoms with E-state index >= 15 is 0 Å². The monoisotopic (exact) mass is 296 g/mol. The summed E-state index contributed by atoms with van der Waals surface area (Å²) in [4.78, 5) is 4.43. The molecule has 0 radical (unpaired) electrons. The maximum Gasteiger partial charge on any atom is 0.194 e. The minimum Gasteiger partial charge on any atom is -0.443 e. The van der Waals surface area contributed by atoms with E-state index in [0.29, 0.717) is 11.0 Å². The maximum absolute atomic E-state index is 5.73. The van der Waals surface area contributed by atoms with Crippen LogP contribution in [-0.4, -0.2) is 9.38 Å². The molecule has 0 aliphatic rings. The van der Waals surface area contributed by atoms with Gasteiger partial charge < -0.3 is 8.82 Å². The highest BCUT2D eigenvalue weighted by atomic mass is 79.9. The lowest BCUT2D eigenvalue weighted by molar-refractivity contribution is 0.582. The van der Waals surface area contributed by atoms with Crippen molar-refractivity contribution < 1.29 is 4.42 Å². The van der Waals surface area contributed by atoms with Crippen LogP contribution < -0.4 is 0 Å². The highest BCUT2D eigenvalue weighted by Gasteiger charge is 2.08. The van der Waals surface area contributed by atoms with Crippen LogP contribution in [0, 0.1) is 0 Å². The van der Waals surface area contributed by atoms with Gasteiger partial charge in [0, 0.05) is 16.9 Å². The van der Waals surface area contributed by atoms with Crippen molar-refractivity contribution in [1.29, 1.82) is 0 Å². The number of fused-ring (bicyclic) bond motifs is 1. The molecular formula is C11H6BrClN2O. The van der Waals surface area contributed by atoms with Crippen molar-refractivity contribution in [3.8, 4) is 11.5 Å². The van der Waals surface area contributed by atoms with Gasteiger partial charge in [-0.25, -0.2) is 4.98 Å². The second-order valence-electron chi connectivity index (χ2n) is 3.34. The lowest BCUT2D eigenvalue weighted by Crippen LogP contribution is -1.80. The van der Waals surface area contributed by atoms with Crippen LogP contribution in [0.1, 0.15) is 0 Å². The average molecular weight is 298 g/mol. The zero-order chi connectivity index (χ0) is 11.1. The van der Waals surface area contributed by atoms with E-state index in [2.05, 4.69) is 20.9 Å². The Morgan fingerprint density at radius 1 is 1.19 bits per heavy atom. The van der Waals surface area contributed by atoms with Gasteiger partial charge in [-0.1, -0.05) is 0 Å². The summed E-state index contributed by atoms with van der Waals surface area (Å²) in [6.07, 6.45) is 3.84. The average Bonchev–Trinajstić information content (AvgIpc) is 2.83. The number of nitrogens with zero attached hydrogens (tertiary/aromatic N) is 2. The van der Waals surface area contributed by atoms with E-state index in [0.717, 1.165) is 15.8 Å². The van der Waals surface area contributed by atoms with Crippen molar-refractivity contribution >= 4 is 33.2 Å². The van der Waals surface area contributed by atoms with Gasteiger partial charge in [0.2, 0.25) is 0 Å². The summed E-state index contributed by atoms with van der Waals surface area (Å²) in [5, 5.41) is 0.369. The van der Waals surface area contributed by atoms with Crippen molar-refractivity contribution in [3.05, 3.63) is 46.4 Å². The fourth-order valence-electron chi connectivity index (χ4n) is 1.54. The minimum absolute atomic E-state index is 0.369. The third-order valence-corrected chi connectivity index (χ3v) is 2.91. The smallest absolute Gasteiger partial charge is 0.194 e. The predicted octanol–water partition coefficient (Wildman–Crippen LogP) is 4.01. The van der Waals surface area contributed by atoms with Crippen LogP contribution in [0.25, 0.3) is 17.1 Å². The van der Waals surface area contributed by atoms with Crippen LogP contribution in [0.3, 0.4) is 0 Å². The van der Waals surface area contributed by atoms with E-state index in [-0.39, 0.29) is 0 Å². The predicted molar refractivity (Wildman–Crippen MR) is 65.6 cm³/mol. The number of hydrogen-bond acceptors (Lipinski definition) is 2. The first kappa shape index (κ1) is 9.93. The Morgan fingerprint density at radius 3 is 2.81 bits per heavy atom. The highest BCUT2D eigenvalue weighted by molar-refractivity contribution is 9.10. The Morgan fingerprint density at radius 2 is 2.06 bits per heavy atom. The van der Waals surface area contributed by atoms with Gasteiger partial charge >= 0.3 is 0 Å². The van der Waals surface area contributed by atoms with Crippen LogP contribution in [-0.2, 0) is 0 Å². The van der Waals surface area contributed by atoms with Gasteiger partial charge in [-0.3, -0.25) is 0 Å². The van der Waals surface area contributed by atoms with Gasteiger partial charge in [0.15, 0.2) is 11.0 Å². The van der Waals surface area contributed by atoms with Crippen molar-refractivity contribution in [2.45, 2.75) is 0 Å². The van der Waals surface area contributed by atoms with Gasteiger partial charge in [0.1, 0.15) is 11.3 Å². The molecule has 80 valence electrons. The molecule has 0 aliphatic carbocycles. The minimum atomic E-state index is 0.369. The van der Waals surface area contributed by atoms with Crippen LogP contribution in [0.2, 0.25) is 5.22 Å². The molecule has 16 heavy (non-hydrogen) atoms. The molecule has 0 saturated heterocycles. The number of aromatic nitrogens is 2. The first-order chi connectivity index (χ1) is 7.72. The summed E-state index contributed by atoms with van der Waals surface area (Å²) in [6, 6.07) is 7.38. The molecule has 5 heteroatoms. The zero-order valence-corrected chi connectivity index (χ0v) is 10.4. The number of halogens is 2. The number of furan rings is 1. The van der Waals surface area contributed by atoms with Crippen LogP contribution in [0.15, 0.2) is 45.5 Å². The molecule has 0 saturated carbocycles. The summed E-state index contributed by atoms with van der Waals surface area (Å²) in [5.74, 6) is 0.671. The van der Waals surface area contributed by atoms with Gasteiger partial charge in [-0.05, 0) is 51.8 Å². The van der Waals surface area contributed by atoms with E-state index in [1.165, 1.54) is 0 Å². The molecule has 3 aromatic rings. The Labute approximate surface area is 105 Å². The molecule has 0 aliphatic heterocycles. The third kappa shape index (κ3) is 1.64. The Balaban J connectivity index is 2.18. The molecule has 3 heterocycles. The summed E-state index contributed by atoms with van der Waals surface area (Å²) >= 11 is 9.13. The van der Waals surface area contributed by atoms with Gasteiger partial charge in [0.25, 0.3) is 0 Å². The number of rotatable bonds is 1. The standard InChI is InChI=1S/C11H6BrClN2O/c12-7-1-4-11-14-8(6-15(11)5-7)9-2-3-10(13)16-9/h1-6H. The molecular weight excluding hydrogens is 291 g/mol. The Hall–Kier alpha value is -1.26. The lowest BCUT2D eigenvalue weighted by Gasteiger charge is -1.91. The molecule has 3 nitrogen and oxygen atoms in total. The molecule has 0 atom stereocenters. The van der Waals surface area contributed by atoms with Crippen LogP contribution >= 0.6 is 27.5 Å². The Bertz CT molecular complexity index is 659. The summed E-state index contributed by atoms with van der Waals surface area (Å²) < 4.78 is 8.23. The van der Waals surface area contributed by atoms with Gasteiger partial charge in [0.05, 0.1) is 0 Å². The fraction of sp³-hybridized carbons (Fsp3) is 0. The molecule has 3 aromatic heterocycles. The molecule has 0 fully saturated rings. The second kappa shape index (κ2) is 3.64. The van der Waals surface area contributed by atoms with E-state index < -0.39 is 0 Å². The van der Waals surface area contributed by atoms with Gasteiger partial charge in [-0.2, -0.15) is 0 Å². The SMILES string of the molecule is Clc1ccc(-c2cn3cc(Br)ccc3n2)o1. The highest BCUT2D eigenvalue weighted by Crippen LogP contribution is 2.24. The zero-order valence-electron chi connectivity index (χ0n) is 8.02. The summed E-state index contributed by atoms with van der Waals surface area (Å²) in [7, 11) is 0. The number of hydrogen-bond donors (Lipinski definition) is 0. The fourth-order valence-corrected chi connectivity index (χ4v) is 2.03. The van der Waals surface area contributed by atoms with Crippen molar-refractivity contribution in [3.63, 3.8) is 0 Å².